The Morgan fingerprint density at radius 3 is 2.81 bits per heavy atom. The van der Waals surface area contributed by atoms with Crippen LogP contribution in [0.1, 0.15) is 16.8 Å². The summed E-state index contributed by atoms with van der Waals surface area (Å²) in [5, 5.41) is 13.4. The molecule has 0 spiro atoms. The molecule has 0 aromatic heterocycles. The van der Waals surface area contributed by atoms with Crippen LogP contribution < -0.4 is 5.32 Å². The van der Waals surface area contributed by atoms with Crippen LogP contribution in [0.2, 0.25) is 0 Å². The molecular weight excluding hydrogens is 391 g/mol. The lowest BCUT2D eigenvalue weighted by Gasteiger charge is -2.07. The maximum Gasteiger partial charge on any atom is 0.270 e. The third kappa shape index (κ3) is 6.36. The van der Waals surface area contributed by atoms with E-state index in [0.717, 1.165) is 0 Å². The number of benzene rings is 1. The molecule has 0 aliphatic rings. The highest BCUT2D eigenvalue weighted by atomic mass is 127. The van der Waals surface area contributed by atoms with Gasteiger partial charge in [-0.05, 0) is 35.1 Å². The maximum atomic E-state index is 12.0. The number of halogens is 1. The van der Waals surface area contributed by atoms with E-state index in [-0.39, 0.29) is 11.6 Å². The first-order valence-electron chi connectivity index (χ1n) is 6.35. The SMILES string of the molecule is COCCOCCCNC(=O)c1cc([N+](=O)[O-])ccc1I. The minimum atomic E-state index is -0.517. The van der Waals surface area contributed by atoms with Crippen molar-refractivity contribution in [3.8, 4) is 0 Å². The molecule has 1 rings (SSSR count). The van der Waals surface area contributed by atoms with Crippen LogP contribution in [0, 0.1) is 13.7 Å². The van der Waals surface area contributed by atoms with E-state index in [1.807, 2.05) is 22.6 Å². The predicted molar refractivity (Wildman–Crippen MR) is 85.5 cm³/mol. The van der Waals surface area contributed by atoms with Crippen molar-refractivity contribution in [2.24, 2.45) is 0 Å². The van der Waals surface area contributed by atoms with Crippen molar-refractivity contribution in [2.45, 2.75) is 6.42 Å². The standard InChI is InChI=1S/C13H17IN2O5/c1-20-7-8-21-6-2-5-15-13(17)11-9-10(16(18)19)3-4-12(11)14/h3-4,9H,2,5-8H2,1H3,(H,15,17). The zero-order valence-electron chi connectivity index (χ0n) is 11.6. The fourth-order valence-electron chi connectivity index (χ4n) is 1.52. The van der Waals surface area contributed by atoms with Crippen molar-refractivity contribution < 1.29 is 19.2 Å². The molecule has 0 radical (unpaired) electrons. The van der Waals surface area contributed by atoms with Gasteiger partial charge in [0.2, 0.25) is 0 Å². The summed E-state index contributed by atoms with van der Waals surface area (Å²) in [7, 11) is 1.60. The van der Waals surface area contributed by atoms with Gasteiger partial charge < -0.3 is 14.8 Å². The second-order valence-electron chi connectivity index (χ2n) is 4.14. The number of nitrogens with zero attached hydrogens (tertiary/aromatic N) is 1. The molecule has 1 aromatic rings. The van der Waals surface area contributed by atoms with Crippen molar-refractivity contribution in [3.63, 3.8) is 0 Å². The van der Waals surface area contributed by atoms with Gasteiger partial charge in [0.15, 0.2) is 0 Å². The molecule has 0 saturated heterocycles. The first-order chi connectivity index (χ1) is 10.1. The lowest BCUT2D eigenvalue weighted by Crippen LogP contribution is -2.26. The summed E-state index contributed by atoms with van der Waals surface area (Å²) in [5.41, 5.74) is 0.216. The van der Waals surface area contributed by atoms with Crippen molar-refractivity contribution >= 4 is 34.2 Å². The summed E-state index contributed by atoms with van der Waals surface area (Å²) in [6, 6.07) is 4.22. The zero-order valence-corrected chi connectivity index (χ0v) is 13.8. The number of non-ortho nitro benzene ring substituents is 1. The smallest absolute Gasteiger partial charge is 0.270 e. The molecule has 116 valence electrons. The topological polar surface area (TPSA) is 90.7 Å². The third-order valence-electron chi connectivity index (χ3n) is 2.59. The quantitative estimate of drug-likeness (QED) is 0.292. The van der Waals surface area contributed by atoms with E-state index in [2.05, 4.69) is 5.32 Å². The molecule has 1 N–H and O–H groups in total. The van der Waals surface area contributed by atoms with Crippen LogP contribution in [0.25, 0.3) is 0 Å². The Morgan fingerprint density at radius 2 is 2.14 bits per heavy atom. The van der Waals surface area contributed by atoms with E-state index in [1.54, 1.807) is 13.2 Å². The first kappa shape index (κ1) is 17.8. The number of carbonyl (C=O) groups excluding carboxylic acids is 1. The zero-order chi connectivity index (χ0) is 15.7. The number of methoxy groups -OCH3 is 1. The van der Waals surface area contributed by atoms with Crippen LogP contribution in [0.5, 0.6) is 0 Å². The highest BCUT2D eigenvalue weighted by molar-refractivity contribution is 14.1. The van der Waals surface area contributed by atoms with E-state index >= 15 is 0 Å². The van der Waals surface area contributed by atoms with E-state index < -0.39 is 4.92 Å². The third-order valence-corrected chi connectivity index (χ3v) is 3.53. The number of hydrogen-bond acceptors (Lipinski definition) is 5. The van der Waals surface area contributed by atoms with Gasteiger partial charge in [0.25, 0.3) is 11.6 Å². The predicted octanol–water partition coefficient (Wildman–Crippen LogP) is 1.98. The number of carbonyl (C=O) groups is 1. The molecule has 8 heteroatoms. The van der Waals surface area contributed by atoms with Gasteiger partial charge in [-0.2, -0.15) is 0 Å². The highest BCUT2D eigenvalue weighted by Crippen LogP contribution is 2.19. The van der Waals surface area contributed by atoms with Gasteiger partial charge in [-0.25, -0.2) is 0 Å². The molecule has 0 bridgehead atoms. The minimum absolute atomic E-state index is 0.0940. The van der Waals surface area contributed by atoms with E-state index in [1.165, 1.54) is 12.1 Å². The van der Waals surface area contributed by atoms with Crippen LogP contribution in [-0.4, -0.2) is 44.3 Å². The van der Waals surface area contributed by atoms with Gasteiger partial charge in [0.1, 0.15) is 0 Å². The van der Waals surface area contributed by atoms with Crippen molar-refractivity contribution in [1.29, 1.82) is 0 Å². The summed E-state index contributed by atoms with van der Waals surface area (Å²) in [5.74, 6) is -0.319. The Labute approximate surface area is 136 Å². The average Bonchev–Trinajstić information content (AvgIpc) is 2.46. The lowest BCUT2D eigenvalue weighted by atomic mass is 10.2. The highest BCUT2D eigenvalue weighted by Gasteiger charge is 2.14. The molecule has 0 heterocycles. The Kier molecular flexibility index (Phi) is 8.16. The molecule has 0 unspecified atom stereocenters. The second kappa shape index (κ2) is 9.64. The molecule has 1 aromatic carbocycles. The molecule has 0 atom stereocenters. The average molecular weight is 408 g/mol. The van der Waals surface area contributed by atoms with Crippen LogP contribution in [0.15, 0.2) is 18.2 Å². The first-order valence-corrected chi connectivity index (χ1v) is 7.43. The van der Waals surface area contributed by atoms with Crippen molar-refractivity contribution in [1.82, 2.24) is 5.32 Å². The van der Waals surface area contributed by atoms with Crippen LogP contribution in [0.4, 0.5) is 5.69 Å². The second-order valence-corrected chi connectivity index (χ2v) is 5.30. The number of rotatable bonds is 9. The Hall–Kier alpha value is -1.26. The summed E-state index contributed by atoms with van der Waals surface area (Å²) in [4.78, 5) is 22.2. The number of nitro groups is 1. The number of nitro benzene ring substituents is 1. The monoisotopic (exact) mass is 408 g/mol. The van der Waals surface area contributed by atoms with Gasteiger partial charge in [0, 0.05) is 36.0 Å². The molecule has 0 fully saturated rings. The summed E-state index contributed by atoms with van der Waals surface area (Å²) in [6.07, 6.45) is 0.668. The van der Waals surface area contributed by atoms with E-state index in [0.29, 0.717) is 41.9 Å². The minimum Gasteiger partial charge on any atom is -0.382 e. The van der Waals surface area contributed by atoms with E-state index in [4.69, 9.17) is 9.47 Å². The van der Waals surface area contributed by atoms with Crippen LogP contribution in [0.3, 0.4) is 0 Å². The van der Waals surface area contributed by atoms with Crippen molar-refractivity contribution in [3.05, 3.63) is 37.4 Å². The Morgan fingerprint density at radius 1 is 1.38 bits per heavy atom. The molecular formula is C13H17IN2O5. The van der Waals surface area contributed by atoms with Gasteiger partial charge in [-0.1, -0.05) is 0 Å². The Balaban J connectivity index is 2.41. The molecule has 1 amide bonds. The molecule has 21 heavy (non-hydrogen) atoms. The largest absolute Gasteiger partial charge is 0.382 e. The Bertz CT molecular complexity index is 495. The van der Waals surface area contributed by atoms with Crippen LogP contribution in [-0.2, 0) is 9.47 Å². The number of hydrogen-bond donors (Lipinski definition) is 1. The van der Waals surface area contributed by atoms with E-state index in [9.17, 15) is 14.9 Å². The van der Waals surface area contributed by atoms with Gasteiger partial charge in [-0.15, -0.1) is 0 Å². The number of ether oxygens (including phenoxy) is 2. The number of amides is 1. The van der Waals surface area contributed by atoms with Gasteiger partial charge in [0.05, 0.1) is 23.7 Å². The van der Waals surface area contributed by atoms with Crippen LogP contribution >= 0.6 is 22.6 Å². The summed E-state index contributed by atoms with van der Waals surface area (Å²) in [6.45, 7) is 2.03. The molecule has 0 saturated carbocycles. The number of nitrogens with one attached hydrogen (secondary N) is 1. The molecule has 7 nitrogen and oxygen atoms in total. The van der Waals surface area contributed by atoms with Gasteiger partial charge in [-0.3, -0.25) is 14.9 Å². The fourth-order valence-corrected chi connectivity index (χ4v) is 2.10. The normalized spacial score (nSPS) is 10.4. The van der Waals surface area contributed by atoms with Crippen molar-refractivity contribution in [2.75, 3.05) is 33.5 Å². The fraction of sp³-hybridized carbons (Fsp3) is 0.462. The summed E-state index contributed by atoms with van der Waals surface area (Å²) < 4.78 is 10.8. The molecule has 0 aliphatic heterocycles. The maximum absolute atomic E-state index is 12.0. The molecule has 0 aliphatic carbocycles. The summed E-state index contributed by atoms with van der Waals surface area (Å²) >= 11 is 1.98. The lowest BCUT2D eigenvalue weighted by molar-refractivity contribution is -0.384. The van der Waals surface area contributed by atoms with Gasteiger partial charge >= 0.3 is 0 Å².